The number of carbonyl (C=O) groups excluding carboxylic acids is 3. The van der Waals surface area contributed by atoms with Crippen LogP contribution >= 0.6 is 0 Å². The van der Waals surface area contributed by atoms with Gasteiger partial charge < -0.3 is 14.2 Å². The molecule has 0 aliphatic heterocycles. The van der Waals surface area contributed by atoms with Crippen LogP contribution in [-0.4, -0.2) is 37.2 Å². The predicted molar refractivity (Wildman–Crippen MR) is 334 cm³/mol. The van der Waals surface area contributed by atoms with E-state index in [-0.39, 0.29) is 31.6 Å². The molecule has 0 spiro atoms. The van der Waals surface area contributed by atoms with Crippen LogP contribution in [0.2, 0.25) is 0 Å². The summed E-state index contributed by atoms with van der Waals surface area (Å²) >= 11 is 0. The zero-order valence-corrected chi connectivity index (χ0v) is 49.9. The largest absolute Gasteiger partial charge is 0.462 e. The summed E-state index contributed by atoms with van der Waals surface area (Å²) in [5.74, 6) is -1.09. The Morgan fingerprint density at radius 2 is 0.545 bits per heavy atom. The van der Waals surface area contributed by atoms with E-state index in [1.54, 1.807) is 6.08 Å². The first-order valence-electron chi connectivity index (χ1n) is 31.7. The molecule has 0 saturated heterocycles. The van der Waals surface area contributed by atoms with Crippen molar-refractivity contribution in [1.29, 1.82) is 0 Å². The van der Waals surface area contributed by atoms with Crippen molar-refractivity contribution < 1.29 is 28.6 Å². The highest BCUT2D eigenvalue weighted by Crippen LogP contribution is 2.16. The Morgan fingerprint density at radius 1 is 0.286 bits per heavy atom. The minimum absolute atomic E-state index is 0.0864. The molecule has 6 heteroatoms. The number of carbonyl (C=O) groups is 3. The molecule has 0 aliphatic rings. The summed E-state index contributed by atoms with van der Waals surface area (Å²) in [5.41, 5.74) is 0. The summed E-state index contributed by atoms with van der Waals surface area (Å²) in [6, 6.07) is 0. The molecule has 77 heavy (non-hydrogen) atoms. The summed E-state index contributed by atoms with van der Waals surface area (Å²) in [7, 11) is 0. The molecular formula is C71H116O6. The molecule has 0 N–H and O–H groups in total. The highest BCUT2D eigenvalue weighted by molar-refractivity contribution is 5.72. The van der Waals surface area contributed by atoms with Gasteiger partial charge in [-0.15, -0.1) is 0 Å². The van der Waals surface area contributed by atoms with Crippen LogP contribution < -0.4 is 0 Å². The number of esters is 3. The minimum atomic E-state index is -0.849. The van der Waals surface area contributed by atoms with Crippen LogP contribution in [-0.2, 0) is 28.6 Å². The second kappa shape index (κ2) is 64.1. The van der Waals surface area contributed by atoms with Crippen molar-refractivity contribution in [2.75, 3.05) is 13.2 Å². The Balaban J connectivity index is 4.28. The van der Waals surface area contributed by atoms with Crippen molar-refractivity contribution in [3.8, 4) is 0 Å². The molecule has 436 valence electrons. The SMILES string of the molecule is CC/C=C\C/C=C\C/C=C\C/C=C\C/C=C\CC(=O)OC(COC(=O)CCCCC/C=C\C/C=C\C/C=C\CC)COC(=O)CCCCCCCCCCCCCCCCCC/C=C\C/C=C\C/C=C\CCCCCCC. The van der Waals surface area contributed by atoms with Crippen molar-refractivity contribution in [3.05, 3.63) is 134 Å². The van der Waals surface area contributed by atoms with E-state index in [0.29, 0.717) is 19.3 Å². The second-order valence-corrected chi connectivity index (χ2v) is 20.6. The zero-order valence-electron chi connectivity index (χ0n) is 49.9. The van der Waals surface area contributed by atoms with Crippen molar-refractivity contribution in [2.24, 2.45) is 0 Å². The number of allylic oxidation sites excluding steroid dienone is 21. The van der Waals surface area contributed by atoms with Gasteiger partial charge >= 0.3 is 17.9 Å². The maximum atomic E-state index is 12.8. The minimum Gasteiger partial charge on any atom is -0.462 e. The highest BCUT2D eigenvalue weighted by atomic mass is 16.6. The van der Waals surface area contributed by atoms with Gasteiger partial charge in [-0.25, -0.2) is 0 Å². The van der Waals surface area contributed by atoms with E-state index in [1.807, 2.05) is 6.08 Å². The highest BCUT2D eigenvalue weighted by Gasteiger charge is 2.19. The van der Waals surface area contributed by atoms with Crippen LogP contribution in [0.4, 0.5) is 0 Å². The standard InChI is InChI=1S/C71H116O6/c1-4-7-10-13-16-19-22-25-27-28-29-30-31-32-33-34-35-36-37-38-39-40-41-42-44-46-49-52-55-58-61-64-70(73)76-67-68(66-75-69(72)63-60-57-54-51-48-45-24-21-18-15-12-9-6-3)77-71(74)65-62-59-56-53-50-47-43-26-23-20-17-14-11-8-5-2/h8-9,11-12,17-18,20-22,25-26,28-29,31-32,43,45,48,50,53,59,62,68H,4-7,10,13-16,19,23-24,27,30,33-42,44,46-47,49,51-52,54-58,60-61,63-67H2,1-3H3/b11-8-,12-9-,20-17-,21-18-,25-22-,29-28-,32-31-,43-26-,48-45-,53-50-,62-59-. The molecule has 0 aromatic carbocycles. The van der Waals surface area contributed by atoms with Crippen LogP contribution in [0.25, 0.3) is 0 Å². The third kappa shape index (κ3) is 62.3. The lowest BCUT2D eigenvalue weighted by molar-refractivity contribution is -0.166. The van der Waals surface area contributed by atoms with Crippen molar-refractivity contribution in [2.45, 2.75) is 284 Å². The van der Waals surface area contributed by atoms with Gasteiger partial charge in [0.2, 0.25) is 0 Å². The number of unbranched alkanes of at least 4 members (excludes halogenated alkanes) is 24. The predicted octanol–water partition coefficient (Wildman–Crippen LogP) is 21.8. The Morgan fingerprint density at radius 3 is 0.870 bits per heavy atom. The number of rotatable bonds is 56. The van der Waals surface area contributed by atoms with Gasteiger partial charge in [-0.05, 0) is 116 Å². The summed E-state index contributed by atoms with van der Waals surface area (Å²) in [5, 5.41) is 0. The summed E-state index contributed by atoms with van der Waals surface area (Å²) in [6.45, 7) is 6.29. The monoisotopic (exact) mass is 1060 g/mol. The average Bonchev–Trinajstić information content (AvgIpc) is 3.43. The molecule has 0 rings (SSSR count). The lowest BCUT2D eigenvalue weighted by Gasteiger charge is -2.18. The van der Waals surface area contributed by atoms with E-state index in [9.17, 15) is 14.4 Å². The normalized spacial score (nSPS) is 13.0. The van der Waals surface area contributed by atoms with Gasteiger partial charge in [0.25, 0.3) is 0 Å². The molecule has 0 bridgehead atoms. The van der Waals surface area contributed by atoms with Gasteiger partial charge in [0, 0.05) is 12.8 Å². The molecule has 0 radical (unpaired) electrons. The first kappa shape index (κ1) is 72.5. The van der Waals surface area contributed by atoms with Crippen molar-refractivity contribution in [3.63, 3.8) is 0 Å². The van der Waals surface area contributed by atoms with E-state index >= 15 is 0 Å². The Labute approximate surface area is 475 Å². The fourth-order valence-electron chi connectivity index (χ4n) is 8.48. The maximum absolute atomic E-state index is 12.8. The third-order valence-electron chi connectivity index (χ3n) is 13.2. The Kier molecular flexibility index (Phi) is 60.4. The molecule has 0 heterocycles. The van der Waals surface area contributed by atoms with E-state index in [4.69, 9.17) is 14.2 Å². The van der Waals surface area contributed by atoms with Crippen molar-refractivity contribution in [1.82, 2.24) is 0 Å². The van der Waals surface area contributed by atoms with Crippen LogP contribution in [0, 0.1) is 0 Å². The Bertz CT molecular complexity index is 1650. The van der Waals surface area contributed by atoms with Gasteiger partial charge in [0.15, 0.2) is 6.10 Å². The van der Waals surface area contributed by atoms with Crippen LogP contribution in [0.3, 0.4) is 0 Å². The quantitative estimate of drug-likeness (QED) is 0.0261. The van der Waals surface area contributed by atoms with Crippen LogP contribution in [0.5, 0.6) is 0 Å². The summed E-state index contributed by atoms with van der Waals surface area (Å²) < 4.78 is 16.7. The molecule has 0 saturated carbocycles. The van der Waals surface area contributed by atoms with E-state index in [0.717, 1.165) is 103 Å². The van der Waals surface area contributed by atoms with Crippen LogP contribution in [0.15, 0.2) is 134 Å². The first-order chi connectivity index (χ1) is 38.0. The van der Waals surface area contributed by atoms with E-state index in [2.05, 4.69) is 142 Å². The number of hydrogen-bond donors (Lipinski definition) is 0. The molecular weight excluding hydrogens is 949 g/mol. The molecule has 0 amide bonds. The Hall–Kier alpha value is -4.45. The average molecular weight is 1070 g/mol. The molecule has 6 nitrogen and oxygen atoms in total. The molecule has 1 atom stereocenters. The molecule has 1 unspecified atom stereocenters. The van der Waals surface area contributed by atoms with Gasteiger partial charge in [-0.1, -0.05) is 276 Å². The second-order valence-electron chi connectivity index (χ2n) is 20.6. The van der Waals surface area contributed by atoms with Gasteiger partial charge in [0.1, 0.15) is 13.2 Å². The smallest absolute Gasteiger partial charge is 0.310 e. The number of hydrogen-bond acceptors (Lipinski definition) is 6. The van der Waals surface area contributed by atoms with Crippen molar-refractivity contribution >= 4 is 17.9 Å². The fraction of sp³-hybridized carbons (Fsp3) is 0.648. The molecule has 0 aliphatic carbocycles. The van der Waals surface area contributed by atoms with Crippen LogP contribution in [0.1, 0.15) is 278 Å². The number of ether oxygens (including phenoxy) is 3. The van der Waals surface area contributed by atoms with E-state index < -0.39 is 12.1 Å². The topological polar surface area (TPSA) is 78.9 Å². The fourth-order valence-corrected chi connectivity index (χ4v) is 8.48. The maximum Gasteiger partial charge on any atom is 0.310 e. The lowest BCUT2D eigenvalue weighted by Crippen LogP contribution is -2.30. The molecule has 0 fully saturated rings. The third-order valence-corrected chi connectivity index (χ3v) is 13.2. The van der Waals surface area contributed by atoms with Gasteiger partial charge in [-0.3, -0.25) is 14.4 Å². The van der Waals surface area contributed by atoms with E-state index in [1.165, 1.54) is 128 Å². The zero-order chi connectivity index (χ0) is 55.7. The summed E-state index contributed by atoms with van der Waals surface area (Å²) in [6.07, 6.45) is 90.8. The van der Waals surface area contributed by atoms with Gasteiger partial charge in [0.05, 0.1) is 6.42 Å². The lowest BCUT2D eigenvalue weighted by atomic mass is 10.0. The first-order valence-corrected chi connectivity index (χ1v) is 31.7. The molecule has 0 aromatic rings. The summed E-state index contributed by atoms with van der Waals surface area (Å²) in [4.78, 5) is 38.1. The van der Waals surface area contributed by atoms with Gasteiger partial charge in [-0.2, -0.15) is 0 Å². The molecule has 0 aromatic heterocycles.